The molecule has 5 rings (SSSR count). The van der Waals surface area contributed by atoms with Crippen LogP contribution in [0.5, 0.6) is 0 Å². The summed E-state index contributed by atoms with van der Waals surface area (Å²) in [4.78, 5) is 36.1. The van der Waals surface area contributed by atoms with Crippen molar-refractivity contribution in [3.05, 3.63) is 107 Å². The number of benzene rings is 3. The highest BCUT2D eigenvalue weighted by molar-refractivity contribution is 6.61. The molecule has 0 saturated carbocycles. The lowest BCUT2D eigenvalue weighted by atomic mass is 9.98. The lowest BCUT2D eigenvalue weighted by Crippen LogP contribution is -2.38. The molecule has 0 atom stereocenters. The topological polar surface area (TPSA) is 73.7 Å². The highest BCUT2D eigenvalue weighted by Gasteiger charge is 2.38. The molecule has 0 saturated heterocycles. The zero-order valence-corrected chi connectivity index (χ0v) is 21.2. The van der Waals surface area contributed by atoms with E-state index in [2.05, 4.69) is 36.5 Å². The average Bonchev–Trinajstić information content (AvgIpc) is 3.26. The molecule has 1 aliphatic rings. The van der Waals surface area contributed by atoms with Crippen LogP contribution in [-0.2, 0) is 4.79 Å². The fourth-order valence-electron chi connectivity index (χ4n) is 4.68. The van der Waals surface area contributed by atoms with Crippen molar-refractivity contribution in [1.29, 1.82) is 0 Å². The molecule has 1 aromatic heterocycles. The molecule has 0 radical (unpaired) electrons. The van der Waals surface area contributed by atoms with Crippen molar-refractivity contribution >= 4 is 40.1 Å². The van der Waals surface area contributed by atoms with Crippen LogP contribution in [-0.4, -0.2) is 34.5 Å². The molecule has 2 heterocycles. The number of amides is 1. The van der Waals surface area contributed by atoms with E-state index in [-0.39, 0.29) is 17.2 Å². The minimum Gasteiger partial charge on any atom is -0.372 e. The maximum absolute atomic E-state index is 13.9. The zero-order valence-electron chi connectivity index (χ0n) is 21.2. The molecule has 1 N–H and O–H groups in total. The van der Waals surface area contributed by atoms with Gasteiger partial charge >= 0.3 is 0 Å². The minimum atomic E-state index is -0.350. The van der Waals surface area contributed by atoms with Crippen molar-refractivity contribution in [3.63, 3.8) is 0 Å². The van der Waals surface area contributed by atoms with E-state index < -0.39 is 0 Å². The highest BCUT2D eigenvalue weighted by atomic mass is 16.2. The number of fused-ring (bicyclic) bond motifs is 1. The number of hydrogen-bond acceptors (Lipinski definition) is 4. The largest absolute Gasteiger partial charge is 0.372 e. The highest BCUT2D eigenvalue weighted by Crippen LogP contribution is 2.37. The number of nitrogens with zero attached hydrogens (tertiary/aromatic N) is 4. The van der Waals surface area contributed by atoms with Crippen molar-refractivity contribution in [2.75, 3.05) is 22.9 Å². The predicted molar refractivity (Wildman–Crippen MR) is 151 cm³/mol. The summed E-state index contributed by atoms with van der Waals surface area (Å²) in [5.74, 6) is 0.0278. The third-order valence-electron chi connectivity index (χ3n) is 6.66. The van der Waals surface area contributed by atoms with Crippen LogP contribution >= 0.6 is 0 Å². The van der Waals surface area contributed by atoms with Crippen LogP contribution in [0.25, 0.3) is 11.3 Å². The van der Waals surface area contributed by atoms with Crippen molar-refractivity contribution < 1.29 is 4.79 Å². The monoisotopic (exact) mass is 491 g/mol. The molecule has 7 heteroatoms. The van der Waals surface area contributed by atoms with Gasteiger partial charge in [-0.1, -0.05) is 43.0 Å². The Labute approximate surface area is 216 Å². The molecule has 1 amide bonds. The van der Waals surface area contributed by atoms with E-state index in [4.69, 9.17) is 4.99 Å². The predicted octanol–water partition coefficient (Wildman–Crippen LogP) is 5.78. The van der Waals surface area contributed by atoms with Gasteiger partial charge in [-0.25, -0.2) is 9.67 Å². The Balaban J connectivity index is 1.68. The number of aliphatic imine (C=N–C) groups is 1. The molecule has 1 aliphatic heterocycles. The van der Waals surface area contributed by atoms with E-state index in [0.29, 0.717) is 34.0 Å². The molecule has 4 aromatic rings. The van der Waals surface area contributed by atoms with Gasteiger partial charge in [-0.2, -0.15) is 0 Å². The van der Waals surface area contributed by atoms with E-state index in [1.807, 2.05) is 79.7 Å². The van der Waals surface area contributed by atoms with Gasteiger partial charge in [0.25, 0.3) is 11.5 Å². The Kier molecular flexibility index (Phi) is 6.36. The van der Waals surface area contributed by atoms with E-state index in [1.165, 1.54) is 9.58 Å². The number of hydrogen-bond donors (Lipinski definition) is 1. The first kappa shape index (κ1) is 24.1. The van der Waals surface area contributed by atoms with Crippen molar-refractivity contribution in [2.24, 2.45) is 4.99 Å². The molecule has 186 valence electrons. The first-order valence-electron chi connectivity index (χ1n) is 12.4. The van der Waals surface area contributed by atoms with Crippen molar-refractivity contribution in [3.8, 4) is 5.69 Å². The Morgan fingerprint density at radius 2 is 1.51 bits per heavy atom. The first-order chi connectivity index (χ1) is 17.9. The summed E-state index contributed by atoms with van der Waals surface area (Å²) in [6.07, 6.45) is 0. The van der Waals surface area contributed by atoms with Crippen LogP contribution in [0.2, 0.25) is 0 Å². The lowest BCUT2D eigenvalue weighted by Gasteiger charge is -2.28. The Bertz CT molecular complexity index is 1560. The van der Waals surface area contributed by atoms with E-state index in [0.717, 1.165) is 24.3 Å². The molecule has 0 aliphatic carbocycles. The summed E-state index contributed by atoms with van der Waals surface area (Å²) < 4.78 is 1.44. The fraction of sp³-hybridized carbons (Fsp3) is 0.167. The van der Waals surface area contributed by atoms with Gasteiger partial charge in [-0.3, -0.25) is 19.6 Å². The number of carbonyl (C=O) groups excluding carboxylic acids is 1. The van der Waals surface area contributed by atoms with Gasteiger partial charge in [-0.05, 0) is 68.8 Å². The van der Waals surface area contributed by atoms with Gasteiger partial charge in [0.2, 0.25) is 0 Å². The first-order valence-corrected chi connectivity index (χ1v) is 12.4. The third-order valence-corrected chi connectivity index (χ3v) is 6.66. The average molecular weight is 492 g/mol. The smallest absolute Gasteiger partial charge is 0.283 e. The molecule has 0 bridgehead atoms. The number of para-hydroxylation sites is 2. The summed E-state index contributed by atoms with van der Waals surface area (Å²) in [6, 6.07) is 24.5. The minimum absolute atomic E-state index is 0.145. The summed E-state index contributed by atoms with van der Waals surface area (Å²) >= 11 is 0. The van der Waals surface area contributed by atoms with Gasteiger partial charge in [0.1, 0.15) is 11.5 Å². The van der Waals surface area contributed by atoms with Crippen molar-refractivity contribution in [2.45, 2.75) is 20.8 Å². The number of aryl methyl sites for hydroxylation is 1. The van der Waals surface area contributed by atoms with Crippen LogP contribution in [0.1, 0.15) is 25.0 Å². The van der Waals surface area contributed by atoms with Crippen LogP contribution < -0.4 is 15.4 Å². The van der Waals surface area contributed by atoms with E-state index >= 15 is 0 Å². The molecule has 0 unspecified atom stereocenters. The van der Waals surface area contributed by atoms with Gasteiger partial charge in [0.15, 0.2) is 0 Å². The lowest BCUT2D eigenvalue weighted by molar-refractivity contribution is -0.111. The summed E-state index contributed by atoms with van der Waals surface area (Å²) in [6.45, 7) is 12.2. The maximum atomic E-state index is 13.9. The molecule has 0 spiro atoms. The summed E-state index contributed by atoms with van der Waals surface area (Å²) in [7, 11) is 0. The van der Waals surface area contributed by atoms with Gasteiger partial charge in [-0.15, -0.1) is 0 Å². The fourth-order valence-corrected chi connectivity index (χ4v) is 4.68. The van der Waals surface area contributed by atoms with Gasteiger partial charge < -0.3 is 4.90 Å². The number of aromatic amines is 1. The summed E-state index contributed by atoms with van der Waals surface area (Å²) in [5, 5.41) is 3.14. The molecule has 7 nitrogen and oxygen atoms in total. The number of rotatable bonds is 6. The SMILES string of the molecule is C=C1C(=Nc2ccc(N(CC)CC)cc2C)C(=O)N(c2ccccc2)c2[nH]n(-c3ccccc3)c(=O)c21. The Morgan fingerprint density at radius 1 is 0.892 bits per heavy atom. The molecular weight excluding hydrogens is 462 g/mol. The van der Waals surface area contributed by atoms with Crippen LogP contribution in [0.4, 0.5) is 22.9 Å². The van der Waals surface area contributed by atoms with Crippen LogP contribution in [0.15, 0.2) is 95.2 Å². The second-order valence-corrected chi connectivity index (χ2v) is 8.87. The maximum Gasteiger partial charge on any atom is 0.283 e. The van der Waals surface area contributed by atoms with Crippen molar-refractivity contribution in [1.82, 2.24) is 9.78 Å². The number of nitrogens with one attached hydrogen (secondary N) is 1. The third kappa shape index (κ3) is 4.18. The second-order valence-electron chi connectivity index (χ2n) is 8.87. The van der Waals surface area contributed by atoms with Gasteiger partial charge in [0.05, 0.1) is 22.6 Å². The number of aromatic nitrogens is 2. The van der Waals surface area contributed by atoms with Gasteiger partial charge in [0, 0.05) is 24.4 Å². The number of H-pyrrole nitrogens is 1. The number of anilines is 3. The molecular formula is C30H29N5O2. The van der Waals surface area contributed by atoms with E-state index in [1.54, 1.807) is 0 Å². The number of carbonyl (C=O) groups is 1. The van der Waals surface area contributed by atoms with E-state index in [9.17, 15) is 9.59 Å². The Hall–Kier alpha value is -4.65. The Morgan fingerprint density at radius 3 is 2.11 bits per heavy atom. The standard InChI is InChI=1S/C30H29N5O2/c1-5-33(6-2)24-17-18-25(20(3)19-24)31-27-21(4)26-28(34(30(27)37)22-13-9-7-10-14-22)32-35(29(26)36)23-15-11-8-12-16-23/h7-19,32H,4-6H2,1-3H3. The summed E-state index contributed by atoms with van der Waals surface area (Å²) in [5.41, 5.74) is 4.47. The van der Waals surface area contributed by atoms with Crippen LogP contribution in [0.3, 0.4) is 0 Å². The molecule has 37 heavy (non-hydrogen) atoms. The normalized spacial score (nSPS) is 14.2. The molecule has 0 fully saturated rings. The zero-order chi connectivity index (χ0) is 26.1. The second kappa shape index (κ2) is 9.78. The quantitative estimate of drug-likeness (QED) is 0.371. The molecule has 3 aromatic carbocycles. The van der Waals surface area contributed by atoms with Crippen LogP contribution in [0, 0.1) is 6.92 Å².